The van der Waals surface area contributed by atoms with Crippen LogP contribution in [0.3, 0.4) is 0 Å². The van der Waals surface area contributed by atoms with Crippen molar-refractivity contribution in [3.05, 3.63) is 0 Å². The number of nitrogens with zero attached hydrogens (tertiary/aromatic N) is 1. The summed E-state index contributed by atoms with van der Waals surface area (Å²) >= 11 is 0. The molecule has 2 rings (SSSR count). The minimum absolute atomic E-state index is 0.0517. The van der Waals surface area contributed by atoms with E-state index in [4.69, 9.17) is 0 Å². The Kier molecular flexibility index (Phi) is 4.40. The van der Waals surface area contributed by atoms with E-state index < -0.39 is 11.4 Å². The number of carbonyl (C=O) groups is 3. The lowest BCUT2D eigenvalue weighted by Crippen LogP contribution is -2.52. The molecule has 0 aromatic rings. The van der Waals surface area contributed by atoms with Gasteiger partial charge in [-0.05, 0) is 18.3 Å². The zero-order valence-corrected chi connectivity index (χ0v) is 13.0. The fraction of sp³-hybridized carbons (Fsp3) is 0.812. The summed E-state index contributed by atoms with van der Waals surface area (Å²) in [6, 6.07) is 0. The fourth-order valence-corrected chi connectivity index (χ4v) is 3.54. The number of aliphatic carboxylic acids is 1. The van der Waals surface area contributed by atoms with Gasteiger partial charge in [-0.1, -0.05) is 39.5 Å². The average molecular weight is 295 g/mol. The van der Waals surface area contributed by atoms with Crippen LogP contribution in [0.2, 0.25) is 0 Å². The summed E-state index contributed by atoms with van der Waals surface area (Å²) in [5, 5.41) is 9.67. The van der Waals surface area contributed by atoms with E-state index in [0.29, 0.717) is 25.7 Å². The van der Waals surface area contributed by atoms with Gasteiger partial charge in [-0.25, -0.2) is 0 Å². The number of amides is 2. The van der Waals surface area contributed by atoms with Crippen LogP contribution in [0, 0.1) is 10.8 Å². The number of hydrogen-bond donors (Lipinski definition) is 1. The Morgan fingerprint density at radius 1 is 1.05 bits per heavy atom. The summed E-state index contributed by atoms with van der Waals surface area (Å²) in [5.74, 6) is -1.31. The van der Waals surface area contributed by atoms with Crippen molar-refractivity contribution >= 4 is 17.8 Å². The Hall–Kier alpha value is -1.39. The average Bonchev–Trinajstić information content (AvgIpc) is 2.59. The summed E-state index contributed by atoms with van der Waals surface area (Å²) in [6.45, 7) is 3.85. The summed E-state index contributed by atoms with van der Waals surface area (Å²) < 4.78 is 0. The molecular formula is C16H25NO4. The summed E-state index contributed by atoms with van der Waals surface area (Å²) in [5.41, 5.74) is -1.26. The highest BCUT2D eigenvalue weighted by atomic mass is 16.4. The Labute approximate surface area is 125 Å². The lowest BCUT2D eigenvalue weighted by Gasteiger charge is -2.39. The third-order valence-electron chi connectivity index (χ3n) is 4.84. The Morgan fingerprint density at radius 2 is 1.52 bits per heavy atom. The zero-order valence-electron chi connectivity index (χ0n) is 13.0. The van der Waals surface area contributed by atoms with E-state index in [9.17, 15) is 19.5 Å². The molecular weight excluding hydrogens is 270 g/mol. The van der Waals surface area contributed by atoms with Gasteiger partial charge in [-0.3, -0.25) is 19.3 Å². The molecule has 1 N–H and O–H groups in total. The van der Waals surface area contributed by atoms with E-state index in [1.54, 1.807) is 0 Å². The van der Waals surface area contributed by atoms with Gasteiger partial charge in [-0.2, -0.15) is 0 Å². The summed E-state index contributed by atoms with van der Waals surface area (Å²) in [6.07, 6.45) is 5.52. The molecule has 1 saturated heterocycles. The van der Waals surface area contributed by atoms with Gasteiger partial charge in [0.05, 0.1) is 5.41 Å². The highest BCUT2D eigenvalue weighted by molar-refractivity contribution is 5.99. The van der Waals surface area contributed by atoms with Gasteiger partial charge in [0, 0.05) is 19.4 Å². The number of carboxylic acids is 1. The van der Waals surface area contributed by atoms with Crippen LogP contribution in [0.4, 0.5) is 0 Å². The molecule has 5 nitrogen and oxygen atoms in total. The zero-order chi connectivity index (χ0) is 15.7. The first-order valence-corrected chi connectivity index (χ1v) is 7.82. The standard InChI is InChI=1S/C16H25NO4/c1-15(2)9-12(18)17(13(19)10-15)11-16(14(20)21)7-5-3-4-6-8-16/h3-11H2,1-2H3,(H,20,21). The van der Waals surface area contributed by atoms with Crippen LogP contribution < -0.4 is 0 Å². The molecule has 0 spiro atoms. The molecule has 1 heterocycles. The van der Waals surface area contributed by atoms with Gasteiger partial charge in [0.15, 0.2) is 0 Å². The van der Waals surface area contributed by atoms with Crippen LogP contribution in [-0.4, -0.2) is 34.3 Å². The van der Waals surface area contributed by atoms with E-state index in [0.717, 1.165) is 25.7 Å². The molecule has 0 radical (unpaired) electrons. The minimum atomic E-state index is -0.941. The first-order chi connectivity index (χ1) is 9.76. The first kappa shape index (κ1) is 16.0. The maximum Gasteiger partial charge on any atom is 0.311 e. The van der Waals surface area contributed by atoms with Crippen molar-refractivity contribution in [3.8, 4) is 0 Å². The second kappa shape index (κ2) is 5.78. The van der Waals surface area contributed by atoms with Gasteiger partial charge >= 0.3 is 5.97 Å². The van der Waals surface area contributed by atoms with E-state index in [-0.39, 0.29) is 23.8 Å². The van der Waals surface area contributed by atoms with Crippen molar-refractivity contribution in [2.45, 2.75) is 65.2 Å². The molecule has 2 amide bonds. The Morgan fingerprint density at radius 3 is 1.95 bits per heavy atom. The topological polar surface area (TPSA) is 74.7 Å². The van der Waals surface area contributed by atoms with Gasteiger partial charge in [0.1, 0.15) is 0 Å². The molecule has 2 fully saturated rings. The SMILES string of the molecule is CC1(C)CC(=O)N(CC2(C(=O)O)CCCCCC2)C(=O)C1. The number of likely N-dealkylation sites (tertiary alicyclic amines) is 1. The third-order valence-corrected chi connectivity index (χ3v) is 4.84. The molecule has 1 aliphatic heterocycles. The normalized spacial score (nSPS) is 25.5. The van der Waals surface area contributed by atoms with E-state index >= 15 is 0 Å². The van der Waals surface area contributed by atoms with Gasteiger partial charge in [0.2, 0.25) is 11.8 Å². The predicted octanol–water partition coefficient (Wildman–Crippen LogP) is 2.59. The highest BCUT2D eigenvalue weighted by Crippen LogP contribution is 2.39. The largest absolute Gasteiger partial charge is 0.481 e. The van der Waals surface area contributed by atoms with Crippen molar-refractivity contribution in [3.63, 3.8) is 0 Å². The van der Waals surface area contributed by atoms with Crippen molar-refractivity contribution in [1.29, 1.82) is 0 Å². The second-order valence-electron chi connectivity index (χ2n) is 7.39. The first-order valence-electron chi connectivity index (χ1n) is 7.82. The number of piperidine rings is 1. The van der Waals surface area contributed by atoms with Crippen LogP contribution in [0.25, 0.3) is 0 Å². The van der Waals surface area contributed by atoms with Crippen molar-refractivity contribution in [2.75, 3.05) is 6.54 Å². The lowest BCUT2D eigenvalue weighted by atomic mass is 9.77. The van der Waals surface area contributed by atoms with E-state index in [1.807, 2.05) is 13.8 Å². The van der Waals surface area contributed by atoms with Crippen LogP contribution >= 0.6 is 0 Å². The molecule has 0 atom stereocenters. The number of rotatable bonds is 3. The molecule has 0 unspecified atom stereocenters. The molecule has 5 heteroatoms. The van der Waals surface area contributed by atoms with Crippen molar-refractivity contribution < 1.29 is 19.5 Å². The molecule has 1 saturated carbocycles. The quantitative estimate of drug-likeness (QED) is 0.641. The molecule has 0 aromatic carbocycles. The molecule has 2 aliphatic rings. The van der Waals surface area contributed by atoms with Gasteiger partial charge in [0.25, 0.3) is 0 Å². The number of imide groups is 1. The molecule has 0 aromatic heterocycles. The third kappa shape index (κ3) is 3.44. The molecule has 0 bridgehead atoms. The fourth-order valence-electron chi connectivity index (χ4n) is 3.54. The Balaban J connectivity index is 2.19. The summed E-state index contributed by atoms with van der Waals surface area (Å²) in [4.78, 5) is 37.5. The van der Waals surface area contributed by atoms with Gasteiger partial charge in [-0.15, -0.1) is 0 Å². The molecule has 1 aliphatic carbocycles. The summed E-state index contributed by atoms with van der Waals surface area (Å²) in [7, 11) is 0. The van der Waals surface area contributed by atoms with Crippen LogP contribution in [0.1, 0.15) is 65.2 Å². The number of hydrogen-bond acceptors (Lipinski definition) is 3. The number of carbonyl (C=O) groups excluding carboxylic acids is 2. The van der Waals surface area contributed by atoms with Crippen LogP contribution in [0.5, 0.6) is 0 Å². The van der Waals surface area contributed by atoms with E-state index in [1.165, 1.54) is 4.90 Å². The lowest BCUT2D eigenvalue weighted by molar-refractivity contribution is -0.160. The maximum atomic E-state index is 12.3. The van der Waals surface area contributed by atoms with Crippen LogP contribution in [0.15, 0.2) is 0 Å². The maximum absolute atomic E-state index is 12.3. The highest BCUT2D eigenvalue weighted by Gasteiger charge is 2.45. The second-order valence-corrected chi connectivity index (χ2v) is 7.39. The Bertz CT molecular complexity index is 427. The van der Waals surface area contributed by atoms with Crippen molar-refractivity contribution in [1.82, 2.24) is 4.90 Å². The van der Waals surface area contributed by atoms with Crippen molar-refractivity contribution in [2.24, 2.45) is 10.8 Å². The molecule has 21 heavy (non-hydrogen) atoms. The minimum Gasteiger partial charge on any atom is -0.481 e. The number of carboxylic acid groups (broad SMARTS) is 1. The smallest absolute Gasteiger partial charge is 0.311 e. The predicted molar refractivity (Wildman–Crippen MR) is 77.5 cm³/mol. The molecule has 118 valence electrons. The van der Waals surface area contributed by atoms with E-state index in [2.05, 4.69) is 0 Å². The monoisotopic (exact) mass is 295 g/mol. The van der Waals surface area contributed by atoms with Gasteiger partial charge < -0.3 is 5.11 Å². The van der Waals surface area contributed by atoms with Crippen LogP contribution in [-0.2, 0) is 14.4 Å².